The highest BCUT2D eigenvalue weighted by atomic mass is 15.2. The van der Waals surface area contributed by atoms with Gasteiger partial charge < -0.3 is 15.5 Å². The Morgan fingerprint density at radius 1 is 1.42 bits per heavy atom. The minimum Gasteiger partial charge on any atom is -0.313 e. The third kappa shape index (κ3) is 3.10. The number of nitriles is 1. The topological polar surface area (TPSA) is 56.3 Å². The van der Waals surface area contributed by atoms with E-state index >= 15 is 0 Å². The molecule has 4 nitrogen and oxygen atoms in total. The first kappa shape index (κ1) is 14.8. The summed E-state index contributed by atoms with van der Waals surface area (Å²) in [5.74, 6) is 1.13. The summed E-state index contributed by atoms with van der Waals surface area (Å²) in [6, 6.07) is 3.02. The number of hydrogen-bond acceptors (Lipinski definition) is 4. The van der Waals surface area contributed by atoms with Crippen LogP contribution >= 0.6 is 0 Å². The van der Waals surface area contributed by atoms with Crippen LogP contribution in [-0.4, -0.2) is 55.1 Å². The first-order valence-electron chi connectivity index (χ1n) is 7.55. The van der Waals surface area contributed by atoms with Crippen LogP contribution in [0.5, 0.6) is 0 Å². The van der Waals surface area contributed by atoms with Crippen molar-refractivity contribution in [1.82, 2.24) is 9.80 Å². The lowest BCUT2D eigenvalue weighted by molar-refractivity contribution is 0.240. The maximum Gasteiger partial charge on any atom is 0.107 e. The second-order valence-corrected chi connectivity index (χ2v) is 6.80. The predicted molar refractivity (Wildman–Crippen MR) is 77.6 cm³/mol. The van der Waals surface area contributed by atoms with E-state index < -0.39 is 5.54 Å². The lowest BCUT2D eigenvalue weighted by atomic mass is 9.87. The van der Waals surface area contributed by atoms with Crippen LogP contribution < -0.4 is 5.73 Å². The van der Waals surface area contributed by atoms with Crippen LogP contribution in [0.3, 0.4) is 0 Å². The van der Waals surface area contributed by atoms with E-state index in [0.29, 0.717) is 12.0 Å². The lowest BCUT2D eigenvalue weighted by Crippen LogP contribution is -2.43. The Hall–Kier alpha value is -0.630. The quantitative estimate of drug-likeness (QED) is 0.831. The largest absolute Gasteiger partial charge is 0.313 e. The summed E-state index contributed by atoms with van der Waals surface area (Å²) in [6.07, 6.45) is 4.21. The third-order valence-corrected chi connectivity index (χ3v) is 5.19. The molecule has 0 amide bonds. The van der Waals surface area contributed by atoms with Crippen LogP contribution in [0.25, 0.3) is 0 Å². The molecule has 2 aliphatic rings. The summed E-state index contributed by atoms with van der Waals surface area (Å²) in [5, 5.41) is 9.25. The Balaban J connectivity index is 1.83. The highest BCUT2D eigenvalue weighted by molar-refractivity contribution is 5.12. The van der Waals surface area contributed by atoms with Gasteiger partial charge in [-0.05, 0) is 51.7 Å². The van der Waals surface area contributed by atoms with E-state index in [1.165, 1.54) is 6.54 Å². The van der Waals surface area contributed by atoms with Crippen molar-refractivity contribution in [3.8, 4) is 6.07 Å². The van der Waals surface area contributed by atoms with Crippen molar-refractivity contribution in [2.24, 2.45) is 17.6 Å². The Morgan fingerprint density at radius 3 is 2.74 bits per heavy atom. The predicted octanol–water partition coefficient (Wildman–Crippen LogP) is 1.28. The molecule has 108 valence electrons. The van der Waals surface area contributed by atoms with E-state index in [1.54, 1.807) is 0 Å². The summed E-state index contributed by atoms with van der Waals surface area (Å²) >= 11 is 0. The van der Waals surface area contributed by atoms with Gasteiger partial charge in [0.05, 0.1) is 6.07 Å². The second kappa shape index (κ2) is 5.78. The molecule has 1 aliphatic carbocycles. The Morgan fingerprint density at radius 2 is 2.16 bits per heavy atom. The molecule has 4 heteroatoms. The molecule has 0 aromatic rings. The van der Waals surface area contributed by atoms with Crippen molar-refractivity contribution in [3.63, 3.8) is 0 Å². The maximum atomic E-state index is 9.25. The Labute approximate surface area is 117 Å². The van der Waals surface area contributed by atoms with Gasteiger partial charge in [0.2, 0.25) is 0 Å². The number of nitrogens with two attached hydrogens (primary N) is 1. The van der Waals surface area contributed by atoms with Crippen molar-refractivity contribution in [3.05, 3.63) is 0 Å². The summed E-state index contributed by atoms with van der Waals surface area (Å²) < 4.78 is 0. The van der Waals surface area contributed by atoms with Gasteiger partial charge in [0.25, 0.3) is 0 Å². The second-order valence-electron chi connectivity index (χ2n) is 6.80. The fourth-order valence-electron chi connectivity index (χ4n) is 3.89. The van der Waals surface area contributed by atoms with E-state index in [2.05, 4.69) is 36.9 Å². The molecule has 0 spiro atoms. The Kier molecular flexibility index (Phi) is 4.50. The van der Waals surface area contributed by atoms with E-state index in [-0.39, 0.29) is 0 Å². The molecule has 2 rings (SSSR count). The lowest BCUT2D eigenvalue weighted by Gasteiger charge is -2.26. The number of nitrogens with zero attached hydrogens (tertiary/aromatic N) is 3. The van der Waals surface area contributed by atoms with Gasteiger partial charge in [-0.2, -0.15) is 5.26 Å². The molecule has 4 atom stereocenters. The fraction of sp³-hybridized carbons (Fsp3) is 0.933. The first-order chi connectivity index (χ1) is 8.96. The minimum absolute atomic E-state index is 0.395. The molecule has 1 saturated heterocycles. The summed E-state index contributed by atoms with van der Waals surface area (Å²) in [6.45, 7) is 5.77. The van der Waals surface area contributed by atoms with Gasteiger partial charge in [-0.25, -0.2) is 0 Å². The molecule has 2 N–H and O–H groups in total. The van der Waals surface area contributed by atoms with Crippen molar-refractivity contribution < 1.29 is 0 Å². The van der Waals surface area contributed by atoms with Crippen LogP contribution in [0.15, 0.2) is 0 Å². The van der Waals surface area contributed by atoms with Crippen LogP contribution in [0.4, 0.5) is 0 Å². The molecular weight excluding hydrogens is 236 g/mol. The minimum atomic E-state index is -0.549. The SMILES string of the molecule is CC1CN(CCC2CCCC2(N)C#N)CC1N(C)C. The van der Waals surface area contributed by atoms with Crippen LogP contribution in [0, 0.1) is 23.2 Å². The van der Waals surface area contributed by atoms with Crippen molar-refractivity contribution in [2.75, 3.05) is 33.7 Å². The van der Waals surface area contributed by atoms with Crippen molar-refractivity contribution in [2.45, 2.75) is 44.2 Å². The summed E-state index contributed by atoms with van der Waals surface area (Å²) in [7, 11) is 4.34. The molecule has 0 radical (unpaired) electrons. The zero-order valence-corrected chi connectivity index (χ0v) is 12.6. The molecule has 1 saturated carbocycles. The zero-order chi connectivity index (χ0) is 14.0. The first-order valence-corrected chi connectivity index (χ1v) is 7.55. The molecule has 0 bridgehead atoms. The molecule has 0 aromatic carbocycles. The van der Waals surface area contributed by atoms with Crippen LogP contribution in [0.1, 0.15) is 32.6 Å². The van der Waals surface area contributed by atoms with E-state index in [0.717, 1.165) is 44.7 Å². The van der Waals surface area contributed by atoms with Gasteiger partial charge in [0, 0.05) is 19.1 Å². The normalized spacial score (nSPS) is 39.9. The van der Waals surface area contributed by atoms with Gasteiger partial charge in [-0.15, -0.1) is 0 Å². The average Bonchev–Trinajstić information content (AvgIpc) is 2.91. The van der Waals surface area contributed by atoms with Crippen molar-refractivity contribution >= 4 is 0 Å². The van der Waals surface area contributed by atoms with Gasteiger partial charge in [0.15, 0.2) is 0 Å². The Bertz CT molecular complexity index is 349. The van der Waals surface area contributed by atoms with Gasteiger partial charge in [-0.3, -0.25) is 0 Å². The average molecular weight is 264 g/mol. The molecule has 4 unspecified atom stereocenters. The number of likely N-dealkylation sites (N-methyl/N-ethyl adjacent to an activating group) is 1. The molecule has 1 aliphatic heterocycles. The van der Waals surface area contributed by atoms with E-state index in [9.17, 15) is 5.26 Å². The van der Waals surface area contributed by atoms with Gasteiger partial charge in [-0.1, -0.05) is 13.3 Å². The number of hydrogen-bond donors (Lipinski definition) is 1. The molecular formula is C15H28N4. The standard InChI is InChI=1S/C15H28N4/c1-12-9-19(10-14(12)18(2)3)8-6-13-5-4-7-15(13,17)11-16/h12-14H,4-10,17H2,1-3H3. The van der Waals surface area contributed by atoms with E-state index in [1.807, 2.05) is 0 Å². The fourth-order valence-corrected chi connectivity index (χ4v) is 3.89. The van der Waals surface area contributed by atoms with Crippen LogP contribution in [0.2, 0.25) is 0 Å². The maximum absolute atomic E-state index is 9.25. The van der Waals surface area contributed by atoms with Gasteiger partial charge >= 0.3 is 0 Å². The summed E-state index contributed by atoms with van der Waals surface area (Å²) in [4.78, 5) is 4.88. The molecule has 1 heterocycles. The smallest absolute Gasteiger partial charge is 0.107 e. The van der Waals surface area contributed by atoms with Crippen LogP contribution in [-0.2, 0) is 0 Å². The third-order valence-electron chi connectivity index (χ3n) is 5.19. The van der Waals surface area contributed by atoms with Crippen molar-refractivity contribution in [1.29, 1.82) is 5.26 Å². The zero-order valence-electron chi connectivity index (χ0n) is 12.6. The molecule has 19 heavy (non-hydrogen) atoms. The van der Waals surface area contributed by atoms with Gasteiger partial charge in [0.1, 0.15) is 5.54 Å². The summed E-state index contributed by atoms with van der Waals surface area (Å²) in [5.41, 5.74) is 5.65. The highest BCUT2D eigenvalue weighted by Crippen LogP contribution is 2.36. The van der Waals surface area contributed by atoms with E-state index in [4.69, 9.17) is 5.73 Å². The monoisotopic (exact) mass is 264 g/mol. The molecule has 0 aromatic heterocycles. The number of likely N-dealkylation sites (tertiary alicyclic amines) is 1. The highest BCUT2D eigenvalue weighted by Gasteiger charge is 2.40. The number of rotatable bonds is 4. The molecule has 2 fully saturated rings.